The maximum atomic E-state index is 13.9. The molecule has 0 heterocycles. The molecule has 2 aromatic carbocycles. The molecule has 0 saturated heterocycles. The average Bonchev–Trinajstić information content (AvgIpc) is 2.48. The quantitative estimate of drug-likeness (QED) is 0.518. The van der Waals surface area contributed by atoms with Crippen LogP contribution >= 0.6 is 0 Å². The summed E-state index contributed by atoms with van der Waals surface area (Å²) in [6.07, 6.45) is 0. The second kappa shape index (κ2) is 6.66. The van der Waals surface area contributed by atoms with Crippen LogP contribution in [0.3, 0.4) is 0 Å². The topological polar surface area (TPSA) is 81.5 Å². The molecule has 0 bridgehead atoms. The van der Waals surface area contributed by atoms with Crippen molar-refractivity contribution in [3.63, 3.8) is 0 Å². The fraction of sp³-hybridized carbons (Fsp3) is 0.133. The highest BCUT2D eigenvalue weighted by Crippen LogP contribution is 2.27. The standard InChI is InChI=1S/C15H13FN2O4/c1-2-22-15(19)11-8-7-10(9-12(11)16)17-13-5-3-4-6-14(13)18(20)21/h3-9,17H,2H2,1H3. The number of nitrogens with zero attached hydrogens (tertiary/aromatic N) is 1. The maximum Gasteiger partial charge on any atom is 0.341 e. The van der Waals surface area contributed by atoms with E-state index in [4.69, 9.17) is 4.74 Å². The highest BCUT2D eigenvalue weighted by Gasteiger charge is 2.15. The van der Waals surface area contributed by atoms with Gasteiger partial charge in [-0.2, -0.15) is 0 Å². The number of hydrogen-bond donors (Lipinski definition) is 1. The van der Waals surface area contributed by atoms with Crippen molar-refractivity contribution < 1.29 is 18.8 Å². The van der Waals surface area contributed by atoms with Crippen molar-refractivity contribution in [2.24, 2.45) is 0 Å². The second-order valence-corrected chi connectivity index (χ2v) is 4.31. The van der Waals surface area contributed by atoms with Crippen LogP contribution in [0.4, 0.5) is 21.5 Å². The minimum Gasteiger partial charge on any atom is -0.462 e. The summed E-state index contributed by atoms with van der Waals surface area (Å²) in [6, 6.07) is 9.81. The first kappa shape index (κ1) is 15.4. The van der Waals surface area contributed by atoms with Gasteiger partial charge in [-0.3, -0.25) is 10.1 Å². The number of nitro groups is 1. The van der Waals surface area contributed by atoms with Crippen LogP contribution in [0.15, 0.2) is 42.5 Å². The van der Waals surface area contributed by atoms with E-state index in [1.165, 1.54) is 30.3 Å². The van der Waals surface area contributed by atoms with Gasteiger partial charge in [-0.15, -0.1) is 0 Å². The summed E-state index contributed by atoms with van der Waals surface area (Å²) >= 11 is 0. The van der Waals surface area contributed by atoms with E-state index < -0.39 is 16.7 Å². The van der Waals surface area contributed by atoms with Crippen molar-refractivity contribution in [3.8, 4) is 0 Å². The number of esters is 1. The number of halogens is 1. The molecule has 7 heteroatoms. The summed E-state index contributed by atoms with van der Waals surface area (Å²) in [5.41, 5.74) is 0.211. The lowest BCUT2D eigenvalue weighted by Crippen LogP contribution is -2.07. The Labute approximate surface area is 125 Å². The number of hydrogen-bond acceptors (Lipinski definition) is 5. The Morgan fingerprint density at radius 3 is 2.68 bits per heavy atom. The molecular weight excluding hydrogens is 291 g/mol. The average molecular weight is 304 g/mol. The lowest BCUT2D eigenvalue weighted by Gasteiger charge is -2.09. The van der Waals surface area contributed by atoms with Crippen molar-refractivity contribution >= 4 is 23.0 Å². The number of rotatable bonds is 5. The molecule has 0 aliphatic carbocycles. The zero-order valence-electron chi connectivity index (χ0n) is 11.7. The lowest BCUT2D eigenvalue weighted by atomic mass is 10.2. The van der Waals surface area contributed by atoms with Gasteiger partial charge in [0.1, 0.15) is 11.5 Å². The van der Waals surface area contributed by atoms with E-state index in [2.05, 4.69) is 5.32 Å². The molecular formula is C15H13FN2O4. The number of nitrogens with one attached hydrogen (secondary N) is 1. The molecule has 0 aromatic heterocycles. The highest BCUT2D eigenvalue weighted by molar-refractivity contribution is 5.90. The number of para-hydroxylation sites is 2. The first-order chi connectivity index (χ1) is 10.5. The first-order valence-electron chi connectivity index (χ1n) is 6.50. The van der Waals surface area contributed by atoms with Gasteiger partial charge in [-0.1, -0.05) is 12.1 Å². The molecule has 0 unspecified atom stereocenters. The molecule has 0 radical (unpaired) electrons. The number of benzene rings is 2. The second-order valence-electron chi connectivity index (χ2n) is 4.31. The van der Waals surface area contributed by atoms with Crippen LogP contribution in [0.5, 0.6) is 0 Å². The van der Waals surface area contributed by atoms with Crippen LogP contribution in [0, 0.1) is 15.9 Å². The van der Waals surface area contributed by atoms with Crippen molar-refractivity contribution in [2.75, 3.05) is 11.9 Å². The predicted octanol–water partition coefficient (Wildman–Crippen LogP) is 3.65. The Bertz CT molecular complexity index is 718. The van der Waals surface area contributed by atoms with Crippen LogP contribution in [-0.4, -0.2) is 17.5 Å². The summed E-state index contributed by atoms with van der Waals surface area (Å²) in [6.45, 7) is 1.77. The van der Waals surface area contributed by atoms with E-state index in [0.29, 0.717) is 5.69 Å². The fourth-order valence-corrected chi connectivity index (χ4v) is 1.86. The van der Waals surface area contributed by atoms with Gasteiger partial charge in [0.25, 0.3) is 5.69 Å². The van der Waals surface area contributed by atoms with E-state index in [0.717, 1.165) is 6.07 Å². The summed E-state index contributed by atoms with van der Waals surface area (Å²) < 4.78 is 18.6. The SMILES string of the molecule is CCOC(=O)c1ccc(Nc2ccccc2[N+](=O)[O-])cc1F. The van der Waals surface area contributed by atoms with Crippen LogP contribution < -0.4 is 5.32 Å². The van der Waals surface area contributed by atoms with E-state index in [-0.39, 0.29) is 23.5 Å². The molecule has 0 atom stereocenters. The number of carbonyl (C=O) groups is 1. The molecule has 22 heavy (non-hydrogen) atoms. The monoisotopic (exact) mass is 304 g/mol. The number of nitro benzene ring substituents is 1. The van der Waals surface area contributed by atoms with Crippen molar-refractivity contribution in [3.05, 3.63) is 64.0 Å². The zero-order chi connectivity index (χ0) is 16.1. The number of carbonyl (C=O) groups excluding carboxylic acids is 1. The molecule has 2 aromatic rings. The van der Waals surface area contributed by atoms with Gasteiger partial charge in [0, 0.05) is 11.8 Å². The van der Waals surface area contributed by atoms with Crippen LogP contribution in [0.2, 0.25) is 0 Å². The van der Waals surface area contributed by atoms with E-state index in [1.807, 2.05) is 0 Å². The largest absolute Gasteiger partial charge is 0.462 e. The summed E-state index contributed by atoms with van der Waals surface area (Å²) in [5.74, 6) is -1.51. The maximum absolute atomic E-state index is 13.9. The number of ether oxygens (including phenoxy) is 1. The third kappa shape index (κ3) is 3.38. The summed E-state index contributed by atoms with van der Waals surface area (Å²) in [5, 5.41) is 13.7. The Kier molecular flexibility index (Phi) is 4.67. The molecule has 6 nitrogen and oxygen atoms in total. The molecule has 0 saturated carbocycles. The lowest BCUT2D eigenvalue weighted by molar-refractivity contribution is -0.383. The molecule has 2 rings (SSSR count). The summed E-state index contributed by atoms with van der Waals surface area (Å²) in [7, 11) is 0. The minimum atomic E-state index is -0.762. The Morgan fingerprint density at radius 1 is 1.32 bits per heavy atom. The van der Waals surface area contributed by atoms with Crippen LogP contribution in [0.1, 0.15) is 17.3 Å². The smallest absolute Gasteiger partial charge is 0.341 e. The van der Waals surface area contributed by atoms with Gasteiger partial charge in [0.15, 0.2) is 0 Å². The summed E-state index contributed by atoms with van der Waals surface area (Å²) in [4.78, 5) is 21.9. The van der Waals surface area contributed by atoms with Gasteiger partial charge < -0.3 is 10.1 Å². The number of anilines is 2. The van der Waals surface area contributed by atoms with Gasteiger partial charge in [-0.05, 0) is 31.2 Å². The zero-order valence-corrected chi connectivity index (χ0v) is 11.7. The van der Waals surface area contributed by atoms with Crippen molar-refractivity contribution in [2.45, 2.75) is 6.92 Å². The predicted molar refractivity (Wildman–Crippen MR) is 78.7 cm³/mol. The van der Waals surface area contributed by atoms with Gasteiger partial charge >= 0.3 is 5.97 Å². The first-order valence-corrected chi connectivity index (χ1v) is 6.50. The molecule has 0 aliphatic heterocycles. The molecule has 114 valence electrons. The van der Waals surface area contributed by atoms with E-state index in [9.17, 15) is 19.3 Å². The van der Waals surface area contributed by atoms with E-state index in [1.54, 1.807) is 13.0 Å². The molecule has 0 fully saturated rings. The molecule has 0 spiro atoms. The van der Waals surface area contributed by atoms with E-state index >= 15 is 0 Å². The van der Waals surface area contributed by atoms with Crippen LogP contribution in [-0.2, 0) is 4.74 Å². The Balaban J connectivity index is 2.27. The Morgan fingerprint density at radius 2 is 2.05 bits per heavy atom. The van der Waals surface area contributed by atoms with Crippen molar-refractivity contribution in [1.29, 1.82) is 0 Å². The third-order valence-corrected chi connectivity index (χ3v) is 2.84. The molecule has 0 aliphatic rings. The van der Waals surface area contributed by atoms with Crippen molar-refractivity contribution in [1.82, 2.24) is 0 Å². The minimum absolute atomic E-state index is 0.127. The molecule has 1 N–H and O–H groups in total. The normalized spacial score (nSPS) is 10.1. The van der Waals surface area contributed by atoms with Gasteiger partial charge in [0.2, 0.25) is 0 Å². The Hall–Kier alpha value is -2.96. The third-order valence-electron chi connectivity index (χ3n) is 2.84. The van der Waals surface area contributed by atoms with Gasteiger partial charge in [-0.25, -0.2) is 9.18 Å². The van der Waals surface area contributed by atoms with Crippen LogP contribution in [0.25, 0.3) is 0 Å². The molecule has 0 amide bonds. The fourth-order valence-electron chi connectivity index (χ4n) is 1.86. The highest BCUT2D eigenvalue weighted by atomic mass is 19.1. The van der Waals surface area contributed by atoms with Gasteiger partial charge in [0.05, 0.1) is 17.1 Å².